The molecule has 0 saturated heterocycles. The first-order chi connectivity index (χ1) is 10.6. The topological polar surface area (TPSA) is 66.4 Å². The molecule has 0 unspecified atom stereocenters. The molecule has 4 nitrogen and oxygen atoms in total. The summed E-state index contributed by atoms with van der Waals surface area (Å²) in [6, 6.07) is 10.7. The van der Waals surface area contributed by atoms with Gasteiger partial charge in [0.15, 0.2) is 0 Å². The third-order valence-electron chi connectivity index (χ3n) is 2.85. The van der Waals surface area contributed by atoms with E-state index in [1.54, 1.807) is 0 Å². The molecule has 23 heavy (non-hydrogen) atoms. The first-order valence-electron chi connectivity index (χ1n) is 7.37. The Kier molecular flexibility index (Phi) is 17.2. The molecule has 0 spiro atoms. The van der Waals surface area contributed by atoms with Gasteiger partial charge >= 0.3 is 198 Å². The summed E-state index contributed by atoms with van der Waals surface area (Å²) < 4.78 is 34.8. The molecule has 0 aliphatic rings. The third kappa shape index (κ3) is 17.0. The Hall–Kier alpha value is 1.77. The average Bonchev–Trinajstić information content (AvgIpc) is 2.48. The summed E-state index contributed by atoms with van der Waals surface area (Å²) in [5, 5.41) is 5.04. The molecule has 0 aliphatic carbocycles. The minimum Gasteiger partial charge on any atom is 1.00 e. The van der Waals surface area contributed by atoms with Crippen LogP contribution < -0.4 is 51.4 Å². The van der Waals surface area contributed by atoms with Gasteiger partial charge in [0.05, 0.1) is 0 Å². The van der Waals surface area contributed by atoms with Gasteiger partial charge in [0.2, 0.25) is 0 Å². The summed E-state index contributed by atoms with van der Waals surface area (Å²) in [4.78, 5) is 0. The monoisotopic (exact) mass is 498 g/mol. The number of hydrogen-bond donors (Lipinski definition) is 0. The fraction of sp³-hybridized carbons (Fsp3) is 0.600. The minimum atomic E-state index is -4.50. The van der Waals surface area contributed by atoms with E-state index < -0.39 is 10.4 Å². The van der Waals surface area contributed by atoms with Gasteiger partial charge in [0.1, 0.15) is 0 Å². The van der Waals surface area contributed by atoms with Crippen molar-refractivity contribution >= 4 is 40.3 Å². The van der Waals surface area contributed by atoms with Gasteiger partial charge in [0.25, 0.3) is 0 Å². The smallest absolute Gasteiger partial charge is 1.00 e. The van der Waals surface area contributed by atoms with Crippen molar-refractivity contribution in [2.45, 2.75) is 47.0 Å². The fourth-order valence-corrected chi connectivity index (χ4v) is 6.26. The predicted octanol–water partition coefficient (Wildman–Crippen LogP) is -0.109. The van der Waals surface area contributed by atoms with Crippen LogP contribution in [-0.4, -0.2) is 49.5 Å². The number of rotatable bonds is 13. The average molecular weight is 496 g/mol. The second-order valence-corrected chi connectivity index (χ2v) is 10.7. The Morgan fingerprint density at radius 3 is 2.09 bits per heavy atom. The zero-order valence-corrected chi connectivity index (χ0v) is 21.0. The normalized spacial score (nSPS) is 11.2. The zero-order valence-electron chi connectivity index (χ0n) is 13.6. The molecular formula is C15H23KO4SSe2. The van der Waals surface area contributed by atoms with E-state index in [2.05, 4.69) is 34.5 Å². The molecule has 0 fully saturated rings. The molecule has 0 N–H and O–H groups in total. The summed E-state index contributed by atoms with van der Waals surface area (Å²) in [6.45, 7) is 0.0317. The van der Waals surface area contributed by atoms with Gasteiger partial charge in [0, 0.05) is 0 Å². The van der Waals surface area contributed by atoms with Crippen LogP contribution in [0.15, 0.2) is 30.3 Å². The molecule has 1 rings (SSSR count). The number of hydrogen-bond acceptors (Lipinski definition) is 4. The van der Waals surface area contributed by atoms with Crippen molar-refractivity contribution in [2.75, 3.05) is 6.61 Å². The maximum Gasteiger partial charge on any atom is 1.00 e. The van der Waals surface area contributed by atoms with E-state index in [1.165, 1.54) is 34.4 Å². The summed E-state index contributed by atoms with van der Waals surface area (Å²) in [7, 11) is -4.50. The molecule has 0 atom stereocenters. The molecule has 1 aromatic rings. The van der Waals surface area contributed by atoms with Crippen LogP contribution in [0.2, 0.25) is 16.0 Å². The van der Waals surface area contributed by atoms with Crippen LogP contribution >= 0.6 is 0 Å². The first-order valence-corrected chi connectivity index (χ1v) is 13.6. The van der Waals surface area contributed by atoms with Gasteiger partial charge in [-0.05, 0) is 0 Å². The van der Waals surface area contributed by atoms with Gasteiger partial charge in [-0.2, -0.15) is 0 Å². The molecule has 0 heterocycles. The number of benzene rings is 1. The quantitative estimate of drug-likeness (QED) is 0.166. The van der Waals surface area contributed by atoms with Crippen LogP contribution in [0.5, 0.6) is 0 Å². The van der Waals surface area contributed by atoms with E-state index in [-0.39, 0.29) is 58.0 Å². The van der Waals surface area contributed by atoms with Crippen LogP contribution in [-0.2, 0) is 19.9 Å². The summed E-state index contributed by atoms with van der Waals surface area (Å²) in [5.41, 5.74) is 1.45. The fourth-order valence-electron chi connectivity index (χ4n) is 1.74. The van der Waals surface area contributed by atoms with Gasteiger partial charge in [-0.3, -0.25) is 0 Å². The molecule has 126 valence electrons. The Balaban J connectivity index is 0.00000484. The Labute approximate surface area is 195 Å². The molecule has 0 aliphatic heterocycles. The summed E-state index contributed by atoms with van der Waals surface area (Å²) in [6.07, 6.45) is 4.24. The van der Waals surface area contributed by atoms with Gasteiger partial charge in [-0.25, -0.2) is 0 Å². The molecule has 1 aromatic carbocycles. The largest absolute Gasteiger partial charge is 1.00 e. The molecule has 0 radical (unpaired) electrons. The van der Waals surface area contributed by atoms with Crippen molar-refractivity contribution in [1.82, 2.24) is 0 Å². The Bertz CT molecular complexity index is 486. The molecule has 0 amide bonds. The van der Waals surface area contributed by atoms with Gasteiger partial charge in [-0.15, -0.1) is 0 Å². The number of unbranched alkanes of at least 4 members (excludes halogenated alkanes) is 2. The van der Waals surface area contributed by atoms with Crippen molar-refractivity contribution in [3.05, 3.63) is 35.9 Å². The first kappa shape index (κ1) is 24.8. The van der Waals surface area contributed by atoms with E-state index in [1.807, 2.05) is 0 Å². The molecule has 0 bridgehead atoms. The standard InChI is InChI=1S/C15H24O4SSe2.K/c16-20(17,18)19-10-4-5-11-21-12-6-7-13-22-14-15-8-2-1-3-9-15;/h1-3,8-9H,4-7,10-14H2,(H,16,17,18);/q;+1/p-1. The second-order valence-electron chi connectivity index (χ2n) is 4.79. The van der Waals surface area contributed by atoms with Crippen molar-refractivity contribution in [2.24, 2.45) is 0 Å². The van der Waals surface area contributed by atoms with E-state index in [4.69, 9.17) is 0 Å². The van der Waals surface area contributed by atoms with Crippen molar-refractivity contribution in [3.63, 3.8) is 0 Å². The molecule has 0 aromatic heterocycles. The van der Waals surface area contributed by atoms with Gasteiger partial charge < -0.3 is 0 Å². The van der Waals surface area contributed by atoms with Crippen LogP contribution in [0.1, 0.15) is 31.2 Å². The summed E-state index contributed by atoms with van der Waals surface area (Å²) in [5.74, 6) is 0. The Morgan fingerprint density at radius 2 is 1.48 bits per heavy atom. The molecule has 8 heteroatoms. The van der Waals surface area contributed by atoms with Crippen LogP contribution in [0.4, 0.5) is 0 Å². The van der Waals surface area contributed by atoms with Crippen molar-refractivity contribution < 1.29 is 68.5 Å². The minimum absolute atomic E-state index is 0. The Morgan fingerprint density at radius 1 is 0.913 bits per heavy atom. The SMILES string of the molecule is O=S(=O)([O-])OCCCC[Se]CCCC[Se]Cc1ccccc1.[K+]. The van der Waals surface area contributed by atoms with Gasteiger partial charge in [-0.1, -0.05) is 0 Å². The maximum atomic E-state index is 10.2. The van der Waals surface area contributed by atoms with Crippen molar-refractivity contribution in [1.29, 1.82) is 0 Å². The molecule has 0 saturated carbocycles. The third-order valence-corrected chi connectivity index (χ3v) is 8.07. The maximum absolute atomic E-state index is 10.2. The van der Waals surface area contributed by atoms with E-state index in [0.29, 0.717) is 21.4 Å². The van der Waals surface area contributed by atoms with Crippen LogP contribution in [0.25, 0.3) is 0 Å². The van der Waals surface area contributed by atoms with Crippen molar-refractivity contribution in [3.8, 4) is 0 Å². The predicted molar refractivity (Wildman–Crippen MR) is 90.2 cm³/mol. The van der Waals surface area contributed by atoms with E-state index in [9.17, 15) is 13.0 Å². The molecular weight excluding hydrogens is 473 g/mol. The van der Waals surface area contributed by atoms with Crippen LogP contribution in [0.3, 0.4) is 0 Å². The van der Waals surface area contributed by atoms with E-state index in [0.717, 1.165) is 26.7 Å². The second kappa shape index (κ2) is 16.0. The van der Waals surface area contributed by atoms with Crippen LogP contribution in [0, 0.1) is 0 Å². The zero-order chi connectivity index (χ0) is 16.1. The summed E-state index contributed by atoms with van der Waals surface area (Å²) >= 11 is 1.36. The van der Waals surface area contributed by atoms with E-state index >= 15 is 0 Å².